The minimum absolute atomic E-state index is 0.0337. The molecule has 0 spiro atoms. The third-order valence-corrected chi connectivity index (χ3v) is 4.03. The second kappa shape index (κ2) is 5.07. The molecule has 0 bridgehead atoms. The van der Waals surface area contributed by atoms with Crippen molar-refractivity contribution in [3.05, 3.63) is 24.3 Å². The van der Waals surface area contributed by atoms with E-state index in [0.29, 0.717) is 18.0 Å². The standard InChI is InChI=1S/C12H16N2O3S/c1-18(16,17)11-4-2-10(3-5-11)14-12(15)6-9-7-13-8-9/h2-5,9,13H,6-8H2,1H3,(H,14,15). The van der Waals surface area contributed by atoms with Crippen molar-refractivity contribution in [2.75, 3.05) is 24.7 Å². The number of amides is 1. The summed E-state index contributed by atoms with van der Waals surface area (Å²) in [5.74, 6) is 0.383. The smallest absolute Gasteiger partial charge is 0.224 e. The lowest BCUT2D eigenvalue weighted by atomic mass is 9.99. The summed E-state index contributed by atoms with van der Waals surface area (Å²) in [7, 11) is -3.18. The molecule has 0 radical (unpaired) electrons. The Bertz CT molecular complexity index is 533. The quantitative estimate of drug-likeness (QED) is 0.840. The van der Waals surface area contributed by atoms with Crippen molar-refractivity contribution in [1.29, 1.82) is 0 Å². The average molecular weight is 268 g/mol. The number of benzene rings is 1. The van der Waals surface area contributed by atoms with Gasteiger partial charge in [0.2, 0.25) is 5.91 Å². The van der Waals surface area contributed by atoms with Gasteiger partial charge in [-0.2, -0.15) is 0 Å². The highest BCUT2D eigenvalue weighted by Gasteiger charge is 2.20. The van der Waals surface area contributed by atoms with E-state index in [9.17, 15) is 13.2 Å². The number of hydrogen-bond acceptors (Lipinski definition) is 4. The van der Waals surface area contributed by atoms with Crippen molar-refractivity contribution < 1.29 is 13.2 Å². The molecule has 0 unspecified atom stereocenters. The zero-order valence-corrected chi connectivity index (χ0v) is 11.0. The van der Waals surface area contributed by atoms with Crippen molar-refractivity contribution in [2.24, 2.45) is 5.92 Å². The van der Waals surface area contributed by atoms with Gasteiger partial charge in [-0.05, 0) is 43.3 Å². The van der Waals surface area contributed by atoms with Crippen LogP contribution in [0.25, 0.3) is 0 Å². The lowest BCUT2D eigenvalue weighted by Gasteiger charge is -2.26. The minimum atomic E-state index is -3.18. The van der Waals surface area contributed by atoms with Gasteiger partial charge < -0.3 is 10.6 Å². The summed E-state index contributed by atoms with van der Waals surface area (Å²) >= 11 is 0. The van der Waals surface area contributed by atoms with Crippen molar-refractivity contribution in [1.82, 2.24) is 5.32 Å². The van der Waals surface area contributed by atoms with Gasteiger partial charge >= 0.3 is 0 Å². The summed E-state index contributed by atoms with van der Waals surface area (Å²) < 4.78 is 22.5. The first-order valence-corrected chi connectivity index (χ1v) is 7.65. The Balaban J connectivity index is 1.95. The highest BCUT2D eigenvalue weighted by atomic mass is 32.2. The molecule has 5 nitrogen and oxygen atoms in total. The second-order valence-corrected chi connectivity index (χ2v) is 6.59. The SMILES string of the molecule is CS(=O)(=O)c1ccc(NC(=O)CC2CNC2)cc1. The molecule has 0 aliphatic carbocycles. The van der Waals surface area contributed by atoms with Gasteiger partial charge in [-0.1, -0.05) is 0 Å². The molecule has 1 amide bonds. The molecule has 18 heavy (non-hydrogen) atoms. The summed E-state index contributed by atoms with van der Waals surface area (Å²) in [6.45, 7) is 1.78. The molecule has 2 N–H and O–H groups in total. The monoisotopic (exact) mass is 268 g/mol. The maximum atomic E-state index is 11.6. The van der Waals surface area contributed by atoms with Gasteiger partial charge in [0.1, 0.15) is 0 Å². The van der Waals surface area contributed by atoms with Gasteiger partial charge in [0.15, 0.2) is 9.84 Å². The van der Waals surface area contributed by atoms with Gasteiger partial charge in [-0.25, -0.2) is 8.42 Å². The van der Waals surface area contributed by atoms with E-state index in [-0.39, 0.29) is 10.8 Å². The first-order chi connectivity index (χ1) is 8.45. The lowest BCUT2D eigenvalue weighted by Crippen LogP contribution is -2.43. The van der Waals surface area contributed by atoms with Crippen LogP contribution in [0.15, 0.2) is 29.2 Å². The highest BCUT2D eigenvalue weighted by molar-refractivity contribution is 7.90. The fourth-order valence-electron chi connectivity index (χ4n) is 1.75. The molecule has 98 valence electrons. The zero-order chi connectivity index (χ0) is 13.2. The van der Waals surface area contributed by atoms with E-state index >= 15 is 0 Å². The zero-order valence-electron chi connectivity index (χ0n) is 10.1. The predicted octanol–water partition coefficient (Wildman–Crippen LogP) is 0.638. The third-order valence-electron chi connectivity index (χ3n) is 2.91. The van der Waals surface area contributed by atoms with Gasteiger partial charge in [-0.15, -0.1) is 0 Å². The van der Waals surface area contributed by atoms with Crippen LogP contribution in [0.2, 0.25) is 0 Å². The molecular weight excluding hydrogens is 252 g/mol. The van der Waals surface area contributed by atoms with E-state index < -0.39 is 9.84 Å². The van der Waals surface area contributed by atoms with Gasteiger partial charge in [0, 0.05) is 18.4 Å². The largest absolute Gasteiger partial charge is 0.326 e. The van der Waals surface area contributed by atoms with Crippen LogP contribution in [0.3, 0.4) is 0 Å². The minimum Gasteiger partial charge on any atom is -0.326 e. The number of nitrogens with one attached hydrogen (secondary N) is 2. The van der Waals surface area contributed by atoms with Crippen LogP contribution in [0.5, 0.6) is 0 Å². The molecule has 0 saturated carbocycles. The molecule has 1 aliphatic rings. The van der Waals surface area contributed by atoms with Crippen molar-refractivity contribution in [3.63, 3.8) is 0 Å². The maximum Gasteiger partial charge on any atom is 0.224 e. The second-order valence-electron chi connectivity index (χ2n) is 4.57. The van der Waals surface area contributed by atoms with E-state index in [2.05, 4.69) is 10.6 Å². The fourth-order valence-corrected chi connectivity index (χ4v) is 2.38. The normalized spacial score (nSPS) is 16.1. The van der Waals surface area contributed by atoms with Crippen molar-refractivity contribution in [2.45, 2.75) is 11.3 Å². The Labute approximate surface area is 107 Å². The molecule has 1 aromatic carbocycles. The van der Waals surface area contributed by atoms with Crippen molar-refractivity contribution >= 4 is 21.4 Å². The van der Waals surface area contributed by atoms with E-state index in [4.69, 9.17) is 0 Å². The molecule has 1 fully saturated rings. The number of carbonyl (C=O) groups excluding carboxylic acids is 1. The summed E-state index contributed by atoms with van der Waals surface area (Å²) in [5.41, 5.74) is 0.625. The summed E-state index contributed by atoms with van der Waals surface area (Å²) in [4.78, 5) is 11.9. The maximum absolute atomic E-state index is 11.6. The van der Waals surface area contributed by atoms with Gasteiger partial charge in [0.05, 0.1) is 4.90 Å². The van der Waals surface area contributed by atoms with Crippen LogP contribution in [-0.2, 0) is 14.6 Å². The molecule has 1 aliphatic heterocycles. The first-order valence-electron chi connectivity index (χ1n) is 5.76. The van der Waals surface area contributed by atoms with Gasteiger partial charge in [-0.3, -0.25) is 4.79 Å². The lowest BCUT2D eigenvalue weighted by molar-refractivity contribution is -0.117. The Morgan fingerprint density at radius 2 is 1.94 bits per heavy atom. The summed E-state index contributed by atoms with van der Waals surface area (Å²) in [6, 6.07) is 6.20. The number of carbonyl (C=O) groups is 1. The van der Waals surface area contributed by atoms with E-state index in [1.807, 2.05) is 0 Å². The predicted molar refractivity (Wildman–Crippen MR) is 69.2 cm³/mol. The molecule has 0 aromatic heterocycles. The molecule has 2 rings (SSSR count). The summed E-state index contributed by atoms with van der Waals surface area (Å²) in [5, 5.41) is 5.87. The Hall–Kier alpha value is -1.40. The number of rotatable bonds is 4. The molecular formula is C12H16N2O3S. The van der Waals surface area contributed by atoms with E-state index in [1.165, 1.54) is 12.1 Å². The Morgan fingerprint density at radius 1 is 1.33 bits per heavy atom. The highest BCUT2D eigenvalue weighted by Crippen LogP contribution is 2.15. The van der Waals surface area contributed by atoms with Crippen LogP contribution in [-0.4, -0.2) is 33.7 Å². The third kappa shape index (κ3) is 3.30. The van der Waals surface area contributed by atoms with Crippen LogP contribution in [0.1, 0.15) is 6.42 Å². The summed E-state index contributed by atoms with van der Waals surface area (Å²) in [6.07, 6.45) is 1.66. The average Bonchev–Trinajstić information content (AvgIpc) is 2.23. The molecule has 1 aromatic rings. The van der Waals surface area contributed by atoms with E-state index in [1.54, 1.807) is 12.1 Å². The van der Waals surface area contributed by atoms with Crippen LogP contribution >= 0.6 is 0 Å². The molecule has 1 heterocycles. The number of sulfone groups is 1. The van der Waals surface area contributed by atoms with Gasteiger partial charge in [0.25, 0.3) is 0 Å². The van der Waals surface area contributed by atoms with Crippen LogP contribution < -0.4 is 10.6 Å². The molecule has 0 atom stereocenters. The Morgan fingerprint density at radius 3 is 2.39 bits per heavy atom. The topological polar surface area (TPSA) is 75.3 Å². The number of hydrogen-bond donors (Lipinski definition) is 2. The first kappa shape index (κ1) is 13.0. The van der Waals surface area contributed by atoms with Crippen LogP contribution in [0, 0.1) is 5.92 Å². The number of anilines is 1. The van der Waals surface area contributed by atoms with Crippen molar-refractivity contribution in [3.8, 4) is 0 Å². The molecule has 6 heteroatoms. The van der Waals surface area contributed by atoms with Crippen LogP contribution in [0.4, 0.5) is 5.69 Å². The Kier molecular flexibility index (Phi) is 3.68. The van der Waals surface area contributed by atoms with E-state index in [0.717, 1.165) is 19.3 Å². The fraction of sp³-hybridized carbons (Fsp3) is 0.417. The molecule has 1 saturated heterocycles.